The van der Waals surface area contributed by atoms with Crippen molar-refractivity contribution in [2.24, 2.45) is 0 Å². The Morgan fingerprint density at radius 1 is 1.32 bits per heavy atom. The van der Waals surface area contributed by atoms with E-state index in [-0.39, 0.29) is 5.82 Å². The van der Waals surface area contributed by atoms with Crippen LogP contribution in [0.3, 0.4) is 0 Å². The van der Waals surface area contributed by atoms with E-state index in [4.69, 9.17) is 5.11 Å². The molecule has 0 aliphatic carbocycles. The maximum absolute atomic E-state index is 12.9. The van der Waals surface area contributed by atoms with E-state index in [1.165, 1.54) is 17.0 Å². The number of fused-ring (bicyclic) bond motifs is 1. The van der Waals surface area contributed by atoms with E-state index in [9.17, 15) is 9.18 Å². The minimum absolute atomic E-state index is 0.290. The Hall–Kier alpha value is -2.37. The third kappa shape index (κ3) is 2.05. The SMILES string of the molecule is O=C(O)N1CCc2c(cnn2-c2ccc(F)cc2)C1. The summed E-state index contributed by atoms with van der Waals surface area (Å²) in [5.74, 6) is -0.290. The van der Waals surface area contributed by atoms with Gasteiger partial charge in [0, 0.05) is 18.5 Å². The van der Waals surface area contributed by atoms with Gasteiger partial charge in [0.05, 0.1) is 24.1 Å². The first-order valence-corrected chi connectivity index (χ1v) is 5.95. The summed E-state index contributed by atoms with van der Waals surface area (Å²) in [5.41, 5.74) is 2.67. The van der Waals surface area contributed by atoms with Crippen LogP contribution in [0.15, 0.2) is 30.5 Å². The van der Waals surface area contributed by atoms with Crippen LogP contribution in [-0.4, -0.2) is 32.4 Å². The van der Waals surface area contributed by atoms with Gasteiger partial charge in [0.2, 0.25) is 0 Å². The summed E-state index contributed by atoms with van der Waals surface area (Å²) in [6.07, 6.45) is 1.37. The Morgan fingerprint density at radius 3 is 2.74 bits per heavy atom. The molecule has 0 fully saturated rings. The van der Waals surface area contributed by atoms with Crippen LogP contribution in [0.1, 0.15) is 11.3 Å². The Balaban J connectivity index is 1.95. The normalized spacial score (nSPS) is 14.3. The molecule has 19 heavy (non-hydrogen) atoms. The molecule has 0 radical (unpaired) electrons. The zero-order valence-electron chi connectivity index (χ0n) is 10.1. The van der Waals surface area contributed by atoms with E-state index < -0.39 is 6.09 Å². The van der Waals surface area contributed by atoms with Crippen molar-refractivity contribution in [3.63, 3.8) is 0 Å². The number of hydrogen-bond acceptors (Lipinski definition) is 2. The van der Waals surface area contributed by atoms with E-state index in [0.29, 0.717) is 19.5 Å². The van der Waals surface area contributed by atoms with Gasteiger partial charge >= 0.3 is 6.09 Å². The fourth-order valence-corrected chi connectivity index (χ4v) is 2.30. The lowest BCUT2D eigenvalue weighted by Crippen LogP contribution is -2.35. The second-order valence-electron chi connectivity index (χ2n) is 4.46. The first-order valence-electron chi connectivity index (χ1n) is 5.95. The molecule has 1 aromatic heterocycles. The summed E-state index contributed by atoms with van der Waals surface area (Å²) >= 11 is 0. The Labute approximate surface area is 108 Å². The summed E-state index contributed by atoms with van der Waals surface area (Å²) in [5, 5.41) is 13.2. The standard InChI is InChI=1S/C13H12FN3O2/c14-10-1-3-11(4-2-10)17-12-5-6-16(13(18)19)8-9(12)7-15-17/h1-4,7H,5-6,8H2,(H,18,19). The van der Waals surface area contributed by atoms with Crippen molar-refractivity contribution in [1.82, 2.24) is 14.7 Å². The number of rotatable bonds is 1. The second-order valence-corrected chi connectivity index (χ2v) is 4.46. The number of hydrogen-bond donors (Lipinski definition) is 1. The van der Waals surface area contributed by atoms with Crippen LogP contribution in [0, 0.1) is 5.82 Å². The third-order valence-corrected chi connectivity index (χ3v) is 3.28. The molecule has 1 amide bonds. The second kappa shape index (κ2) is 4.38. The monoisotopic (exact) mass is 261 g/mol. The fourth-order valence-electron chi connectivity index (χ4n) is 2.30. The average molecular weight is 261 g/mol. The summed E-state index contributed by atoms with van der Waals surface area (Å²) in [6.45, 7) is 0.807. The van der Waals surface area contributed by atoms with Crippen molar-refractivity contribution >= 4 is 6.09 Å². The van der Waals surface area contributed by atoms with Gasteiger partial charge in [-0.05, 0) is 24.3 Å². The highest BCUT2D eigenvalue weighted by atomic mass is 19.1. The molecule has 0 saturated heterocycles. The van der Waals surface area contributed by atoms with Crippen molar-refractivity contribution in [1.29, 1.82) is 0 Å². The van der Waals surface area contributed by atoms with Crippen LogP contribution in [0.4, 0.5) is 9.18 Å². The molecule has 1 aliphatic heterocycles. The minimum Gasteiger partial charge on any atom is -0.465 e. The maximum atomic E-state index is 12.9. The number of carboxylic acid groups (broad SMARTS) is 1. The molecule has 98 valence electrons. The van der Waals surface area contributed by atoms with Crippen molar-refractivity contribution in [3.8, 4) is 5.69 Å². The maximum Gasteiger partial charge on any atom is 0.407 e. The van der Waals surface area contributed by atoms with E-state index in [2.05, 4.69) is 5.10 Å². The highest BCUT2D eigenvalue weighted by Crippen LogP contribution is 2.21. The molecule has 2 heterocycles. The highest BCUT2D eigenvalue weighted by Gasteiger charge is 2.23. The predicted octanol–water partition coefficient (Wildman–Crippen LogP) is 2.05. The minimum atomic E-state index is -0.916. The number of aromatic nitrogens is 2. The number of nitrogens with zero attached hydrogens (tertiary/aromatic N) is 3. The first-order chi connectivity index (χ1) is 9.15. The van der Waals surface area contributed by atoms with Gasteiger partial charge in [0.15, 0.2) is 0 Å². The van der Waals surface area contributed by atoms with E-state index in [1.54, 1.807) is 23.0 Å². The molecule has 0 bridgehead atoms. The van der Waals surface area contributed by atoms with Crippen LogP contribution in [0.2, 0.25) is 0 Å². The quantitative estimate of drug-likeness (QED) is 0.854. The van der Waals surface area contributed by atoms with Gasteiger partial charge in [-0.1, -0.05) is 0 Å². The van der Waals surface area contributed by atoms with Crippen LogP contribution in [0.5, 0.6) is 0 Å². The summed E-state index contributed by atoms with van der Waals surface area (Å²) in [6, 6.07) is 6.09. The topological polar surface area (TPSA) is 58.4 Å². The molecule has 0 unspecified atom stereocenters. The number of carbonyl (C=O) groups is 1. The lowest BCUT2D eigenvalue weighted by atomic mass is 10.1. The van der Waals surface area contributed by atoms with Crippen LogP contribution in [0.25, 0.3) is 5.69 Å². The van der Waals surface area contributed by atoms with Crippen LogP contribution >= 0.6 is 0 Å². The molecule has 5 nitrogen and oxygen atoms in total. The van der Waals surface area contributed by atoms with Gasteiger partial charge in [0.1, 0.15) is 5.82 Å². The number of halogens is 1. The van der Waals surface area contributed by atoms with Crippen LogP contribution < -0.4 is 0 Å². The summed E-state index contributed by atoms with van der Waals surface area (Å²) in [4.78, 5) is 12.3. The summed E-state index contributed by atoms with van der Waals surface area (Å²) in [7, 11) is 0. The van der Waals surface area contributed by atoms with Gasteiger partial charge in [-0.25, -0.2) is 13.9 Å². The zero-order valence-corrected chi connectivity index (χ0v) is 10.1. The van der Waals surface area contributed by atoms with Crippen LogP contribution in [-0.2, 0) is 13.0 Å². The Kier molecular flexibility index (Phi) is 2.70. The Bertz CT molecular complexity index is 621. The largest absolute Gasteiger partial charge is 0.465 e. The van der Waals surface area contributed by atoms with Crippen molar-refractivity contribution in [3.05, 3.63) is 47.5 Å². The molecule has 0 atom stereocenters. The van der Waals surface area contributed by atoms with Gasteiger partial charge in [-0.2, -0.15) is 5.10 Å². The highest BCUT2D eigenvalue weighted by molar-refractivity contribution is 5.65. The predicted molar refractivity (Wildman–Crippen MR) is 65.7 cm³/mol. The lowest BCUT2D eigenvalue weighted by molar-refractivity contribution is 0.139. The molecular weight excluding hydrogens is 249 g/mol. The lowest BCUT2D eigenvalue weighted by Gasteiger charge is -2.24. The molecule has 0 saturated carbocycles. The van der Waals surface area contributed by atoms with E-state index in [0.717, 1.165) is 16.9 Å². The number of amides is 1. The first kappa shape index (κ1) is 11.7. The molecule has 3 rings (SSSR count). The molecule has 6 heteroatoms. The molecule has 2 aromatic rings. The number of benzene rings is 1. The van der Waals surface area contributed by atoms with E-state index >= 15 is 0 Å². The van der Waals surface area contributed by atoms with Crippen molar-refractivity contribution in [2.75, 3.05) is 6.54 Å². The Morgan fingerprint density at radius 2 is 2.05 bits per heavy atom. The zero-order chi connectivity index (χ0) is 13.4. The fraction of sp³-hybridized carbons (Fsp3) is 0.231. The molecule has 1 aromatic carbocycles. The van der Waals surface area contributed by atoms with Crippen molar-refractivity contribution < 1.29 is 14.3 Å². The van der Waals surface area contributed by atoms with Gasteiger partial charge in [-0.3, -0.25) is 0 Å². The summed E-state index contributed by atoms with van der Waals surface area (Å²) < 4.78 is 14.6. The average Bonchev–Trinajstić information content (AvgIpc) is 2.82. The molecule has 0 spiro atoms. The smallest absolute Gasteiger partial charge is 0.407 e. The van der Waals surface area contributed by atoms with Gasteiger partial charge < -0.3 is 10.0 Å². The van der Waals surface area contributed by atoms with E-state index in [1.807, 2.05) is 0 Å². The molecule has 1 aliphatic rings. The van der Waals surface area contributed by atoms with Gasteiger partial charge in [-0.15, -0.1) is 0 Å². The van der Waals surface area contributed by atoms with Gasteiger partial charge in [0.25, 0.3) is 0 Å². The third-order valence-electron chi connectivity index (χ3n) is 3.28. The molecule has 1 N–H and O–H groups in total. The van der Waals surface area contributed by atoms with Crippen molar-refractivity contribution in [2.45, 2.75) is 13.0 Å². The molecular formula is C13H12FN3O2.